The van der Waals surface area contributed by atoms with E-state index in [4.69, 9.17) is 4.11 Å². The van der Waals surface area contributed by atoms with E-state index in [0.717, 1.165) is 51.4 Å². The van der Waals surface area contributed by atoms with Gasteiger partial charge < -0.3 is 10.2 Å². The summed E-state index contributed by atoms with van der Waals surface area (Å²) in [4.78, 5) is 0. The molecule has 4 saturated carbocycles. The van der Waals surface area contributed by atoms with Gasteiger partial charge in [-0.3, -0.25) is 0 Å². The van der Waals surface area contributed by atoms with Crippen molar-refractivity contribution in [3.8, 4) is 0 Å². The van der Waals surface area contributed by atoms with E-state index in [2.05, 4.69) is 13.8 Å². The third kappa shape index (κ3) is 1.86. The number of fused-ring (bicyclic) bond motifs is 5. The van der Waals surface area contributed by atoms with Crippen LogP contribution in [0.15, 0.2) is 0 Å². The van der Waals surface area contributed by atoms with Crippen LogP contribution in [0.1, 0.15) is 82.6 Å². The molecule has 2 N–H and O–H groups in total. The molecule has 0 unspecified atom stereocenters. The van der Waals surface area contributed by atoms with Crippen molar-refractivity contribution in [1.29, 1.82) is 0 Å². The van der Waals surface area contributed by atoms with Gasteiger partial charge in [0.25, 0.3) is 0 Å². The summed E-state index contributed by atoms with van der Waals surface area (Å²) in [6.07, 6.45) is 8.30. The van der Waals surface area contributed by atoms with Gasteiger partial charge in [0.05, 0.1) is 11.7 Å². The van der Waals surface area contributed by atoms with Crippen LogP contribution in [0.3, 0.4) is 0 Å². The molecule has 4 rings (SSSR count). The smallest absolute Gasteiger partial charge is 0.0675 e. The molecule has 0 aromatic rings. The third-order valence-electron chi connectivity index (χ3n) is 8.79. The third-order valence-corrected chi connectivity index (χ3v) is 8.79. The molecular weight excluding hydrogens is 272 g/mol. The van der Waals surface area contributed by atoms with E-state index in [1.54, 1.807) is 0 Å². The van der Waals surface area contributed by atoms with Crippen molar-refractivity contribution in [1.82, 2.24) is 0 Å². The number of aliphatic hydroxyl groups is 2. The Morgan fingerprint density at radius 2 is 1.73 bits per heavy atom. The summed E-state index contributed by atoms with van der Waals surface area (Å²) in [5, 5.41) is 21.3. The Morgan fingerprint density at radius 1 is 0.955 bits per heavy atom. The maximum atomic E-state index is 11.2. The molecule has 126 valence electrons. The maximum absolute atomic E-state index is 11.2. The fraction of sp³-hybridized carbons (Fsp3) is 1.00. The quantitative estimate of drug-likeness (QED) is 0.706. The first kappa shape index (κ1) is 12.3. The highest BCUT2D eigenvalue weighted by Crippen LogP contribution is 2.68. The Kier molecular flexibility index (Phi) is 2.64. The van der Waals surface area contributed by atoms with Gasteiger partial charge in [0.2, 0.25) is 0 Å². The summed E-state index contributed by atoms with van der Waals surface area (Å²) in [7, 11) is 0. The van der Waals surface area contributed by atoms with E-state index in [1.807, 2.05) is 0 Å². The van der Waals surface area contributed by atoms with Crippen LogP contribution in [-0.2, 0) is 0 Å². The van der Waals surface area contributed by atoms with Crippen LogP contribution in [0.5, 0.6) is 0 Å². The van der Waals surface area contributed by atoms with Crippen molar-refractivity contribution >= 4 is 0 Å². The summed E-state index contributed by atoms with van der Waals surface area (Å²) in [5.41, 5.74) is -1.70. The summed E-state index contributed by atoms with van der Waals surface area (Å²) in [6, 6.07) is 0. The molecule has 0 amide bonds. The molecule has 2 heteroatoms. The zero-order valence-corrected chi connectivity index (χ0v) is 14.1. The zero-order chi connectivity index (χ0) is 18.3. The average molecular weight is 310 g/mol. The molecule has 22 heavy (non-hydrogen) atoms. The van der Waals surface area contributed by atoms with E-state index < -0.39 is 17.9 Å². The molecule has 0 aromatic heterocycles. The Morgan fingerprint density at radius 3 is 2.50 bits per heavy atom. The van der Waals surface area contributed by atoms with Crippen molar-refractivity contribution in [2.24, 2.45) is 34.5 Å². The standard InChI is InChI=1S/C20H34O2/c1-18-9-6-14(21)12-13(18)4-5-15-16(18)7-10-19(2)17(15)8-11-20(19,3)22/h13-17,21-22H,4-12H2,1-3H3/t13-,14-,15-,16+,17+,18+,19+,20+/m1/s1/i3D3. The minimum Gasteiger partial charge on any atom is -0.393 e. The molecule has 0 aliphatic heterocycles. The molecule has 0 radical (unpaired) electrons. The van der Waals surface area contributed by atoms with E-state index in [9.17, 15) is 10.2 Å². The highest BCUT2D eigenvalue weighted by molar-refractivity contribution is 5.12. The van der Waals surface area contributed by atoms with Gasteiger partial charge in [0.15, 0.2) is 0 Å². The summed E-state index contributed by atoms with van der Waals surface area (Å²) >= 11 is 0. The zero-order valence-electron chi connectivity index (χ0n) is 17.1. The first-order valence-electron chi connectivity index (χ1n) is 10.9. The largest absolute Gasteiger partial charge is 0.393 e. The van der Waals surface area contributed by atoms with Crippen molar-refractivity contribution in [3.05, 3.63) is 0 Å². The SMILES string of the molecule is [2H]C([2H])([2H])[C@]1(O)CC[C@H]2[C@@H]3CC[C@@H]4C[C@H](O)CC[C@]4(C)[C@H]3CC[C@@]21C. The van der Waals surface area contributed by atoms with Gasteiger partial charge in [-0.15, -0.1) is 0 Å². The highest BCUT2D eigenvalue weighted by atomic mass is 16.3. The highest BCUT2D eigenvalue weighted by Gasteiger charge is 2.63. The van der Waals surface area contributed by atoms with Gasteiger partial charge in [-0.05, 0) is 99.1 Å². The van der Waals surface area contributed by atoms with Crippen LogP contribution >= 0.6 is 0 Å². The summed E-state index contributed by atoms with van der Waals surface area (Å²) in [6.45, 7) is 2.21. The maximum Gasteiger partial charge on any atom is 0.0675 e. The lowest BCUT2D eigenvalue weighted by molar-refractivity contribution is -0.153. The molecule has 0 aromatic carbocycles. The van der Waals surface area contributed by atoms with Crippen molar-refractivity contribution in [2.75, 3.05) is 0 Å². The van der Waals surface area contributed by atoms with E-state index in [1.165, 1.54) is 0 Å². The van der Waals surface area contributed by atoms with Gasteiger partial charge in [-0.25, -0.2) is 0 Å². The fourth-order valence-corrected chi connectivity index (χ4v) is 7.25. The Bertz CT molecular complexity index is 550. The van der Waals surface area contributed by atoms with Crippen LogP contribution in [0.2, 0.25) is 0 Å². The van der Waals surface area contributed by atoms with Crippen LogP contribution in [0, 0.1) is 34.5 Å². The first-order chi connectivity index (χ1) is 11.5. The molecule has 4 fully saturated rings. The molecule has 0 spiro atoms. The van der Waals surface area contributed by atoms with Gasteiger partial charge in [-0.2, -0.15) is 0 Å². The summed E-state index contributed by atoms with van der Waals surface area (Å²) < 4.78 is 23.9. The predicted octanol–water partition coefficient (Wildman–Crippen LogP) is 4.14. The normalized spacial score (nSPS) is 63.8. The lowest BCUT2D eigenvalue weighted by Gasteiger charge is -2.61. The van der Waals surface area contributed by atoms with Gasteiger partial charge in [0.1, 0.15) is 0 Å². The van der Waals surface area contributed by atoms with Crippen LogP contribution in [0.4, 0.5) is 0 Å². The molecule has 8 atom stereocenters. The van der Waals surface area contributed by atoms with Crippen LogP contribution < -0.4 is 0 Å². The van der Waals surface area contributed by atoms with Crippen molar-refractivity contribution < 1.29 is 14.3 Å². The van der Waals surface area contributed by atoms with E-state index >= 15 is 0 Å². The lowest BCUT2D eigenvalue weighted by Crippen LogP contribution is -2.56. The minimum absolute atomic E-state index is 0.129. The molecule has 0 bridgehead atoms. The second kappa shape index (κ2) is 4.72. The molecule has 2 nitrogen and oxygen atoms in total. The number of hydrogen-bond acceptors (Lipinski definition) is 2. The molecule has 4 aliphatic rings. The predicted molar refractivity (Wildman–Crippen MR) is 88.4 cm³/mol. The number of hydrogen-bond donors (Lipinski definition) is 2. The van der Waals surface area contributed by atoms with Gasteiger partial charge >= 0.3 is 0 Å². The Labute approximate surface area is 139 Å². The van der Waals surface area contributed by atoms with E-state index in [-0.39, 0.29) is 6.10 Å². The van der Waals surface area contributed by atoms with E-state index in [0.29, 0.717) is 35.5 Å². The lowest BCUT2D eigenvalue weighted by atomic mass is 9.44. The van der Waals surface area contributed by atoms with Crippen molar-refractivity contribution in [3.63, 3.8) is 0 Å². The Hall–Kier alpha value is -0.0800. The molecule has 0 saturated heterocycles. The fourth-order valence-electron chi connectivity index (χ4n) is 7.25. The van der Waals surface area contributed by atoms with Crippen LogP contribution in [-0.4, -0.2) is 21.9 Å². The first-order valence-corrected chi connectivity index (χ1v) is 9.43. The molecule has 4 aliphatic carbocycles. The number of rotatable bonds is 0. The van der Waals surface area contributed by atoms with Crippen LogP contribution in [0.25, 0.3) is 0 Å². The number of aliphatic hydroxyl groups excluding tert-OH is 1. The van der Waals surface area contributed by atoms with Gasteiger partial charge in [0, 0.05) is 4.11 Å². The average Bonchev–Trinajstić information content (AvgIpc) is 2.81. The second-order valence-corrected chi connectivity index (χ2v) is 9.44. The second-order valence-electron chi connectivity index (χ2n) is 9.44. The Balaban J connectivity index is 1.65. The summed E-state index contributed by atoms with van der Waals surface area (Å²) in [5.74, 6) is 2.13. The minimum atomic E-state index is -2.29. The molecular formula is C20H34O2. The molecule has 0 heterocycles. The van der Waals surface area contributed by atoms with Crippen molar-refractivity contribution in [2.45, 2.75) is 90.2 Å². The topological polar surface area (TPSA) is 40.5 Å². The monoisotopic (exact) mass is 309 g/mol. The van der Waals surface area contributed by atoms with Gasteiger partial charge in [-0.1, -0.05) is 13.8 Å².